The summed E-state index contributed by atoms with van der Waals surface area (Å²) in [5, 5.41) is 1.35. The molecule has 1 atom stereocenters. The van der Waals surface area contributed by atoms with Crippen molar-refractivity contribution in [2.24, 2.45) is 0 Å². The van der Waals surface area contributed by atoms with Crippen molar-refractivity contribution >= 4 is 39.9 Å². The number of benzene rings is 2. The number of ketones is 1. The van der Waals surface area contributed by atoms with Crippen LogP contribution in [0.25, 0.3) is 10.9 Å². The molecule has 0 fully saturated rings. The number of carbonyl (C=O) groups is 2. The Morgan fingerprint density at radius 1 is 1.03 bits per heavy atom. The number of rotatable bonds is 4. The van der Waals surface area contributed by atoms with Crippen LogP contribution < -0.4 is 10.5 Å². The Morgan fingerprint density at radius 3 is 2.58 bits per heavy atom. The van der Waals surface area contributed by atoms with E-state index in [2.05, 4.69) is 6.58 Å². The molecule has 0 saturated heterocycles. The van der Waals surface area contributed by atoms with E-state index in [1.807, 2.05) is 36.4 Å². The third-order valence-electron chi connectivity index (χ3n) is 6.46. The van der Waals surface area contributed by atoms with E-state index in [0.717, 1.165) is 22.3 Å². The zero-order valence-electron chi connectivity index (χ0n) is 18.1. The second-order valence-electron chi connectivity index (χ2n) is 8.47. The van der Waals surface area contributed by atoms with Crippen molar-refractivity contribution in [3.63, 3.8) is 0 Å². The Labute approximate surface area is 196 Å². The van der Waals surface area contributed by atoms with Crippen molar-refractivity contribution in [1.82, 2.24) is 4.57 Å². The van der Waals surface area contributed by atoms with Crippen molar-refractivity contribution in [2.75, 3.05) is 4.90 Å². The SMILES string of the molecule is C=CCn1c(=O)c(C2CC(=O)N(c3ccccc3)C3=C2C(=O)CCC3)cc2cc(Cl)ccc21. The van der Waals surface area contributed by atoms with Crippen LogP contribution >= 0.6 is 11.6 Å². The highest BCUT2D eigenvalue weighted by Gasteiger charge is 2.40. The highest BCUT2D eigenvalue weighted by molar-refractivity contribution is 6.31. The Kier molecular flexibility index (Phi) is 5.51. The maximum atomic E-state index is 13.6. The van der Waals surface area contributed by atoms with Crippen LogP contribution in [0.4, 0.5) is 5.69 Å². The summed E-state index contributed by atoms with van der Waals surface area (Å²) in [6, 6.07) is 16.5. The Bertz CT molecular complexity index is 1390. The Hall–Kier alpha value is -3.44. The van der Waals surface area contributed by atoms with E-state index >= 15 is 0 Å². The lowest BCUT2D eigenvalue weighted by Crippen LogP contribution is -2.42. The fourth-order valence-corrected chi connectivity index (χ4v) is 5.26. The molecule has 0 saturated carbocycles. The van der Waals surface area contributed by atoms with Gasteiger partial charge in [0.25, 0.3) is 5.56 Å². The molecule has 1 amide bonds. The lowest BCUT2D eigenvalue weighted by atomic mass is 9.77. The van der Waals surface area contributed by atoms with Crippen molar-refractivity contribution < 1.29 is 9.59 Å². The first-order valence-electron chi connectivity index (χ1n) is 11.1. The number of nitrogens with zero attached hydrogens (tertiary/aromatic N) is 2. The van der Waals surface area contributed by atoms with Crippen LogP contribution in [0.15, 0.2) is 83.3 Å². The quantitative estimate of drug-likeness (QED) is 0.494. The minimum atomic E-state index is -0.577. The summed E-state index contributed by atoms with van der Waals surface area (Å²) in [6.07, 6.45) is 3.47. The number of fused-ring (bicyclic) bond motifs is 1. The molecule has 5 nitrogen and oxygen atoms in total. The molecule has 33 heavy (non-hydrogen) atoms. The van der Waals surface area contributed by atoms with Gasteiger partial charge in [0, 0.05) is 58.2 Å². The lowest BCUT2D eigenvalue weighted by Gasteiger charge is -2.38. The number of para-hydroxylation sites is 1. The molecule has 0 bridgehead atoms. The van der Waals surface area contributed by atoms with E-state index in [-0.39, 0.29) is 23.7 Å². The first kappa shape index (κ1) is 21.4. The summed E-state index contributed by atoms with van der Waals surface area (Å²) >= 11 is 6.24. The van der Waals surface area contributed by atoms with E-state index in [0.29, 0.717) is 42.0 Å². The third-order valence-corrected chi connectivity index (χ3v) is 6.70. The highest BCUT2D eigenvalue weighted by Crippen LogP contribution is 2.43. The number of halogens is 1. The van der Waals surface area contributed by atoms with Crippen LogP contribution in [0, 0.1) is 0 Å². The lowest BCUT2D eigenvalue weighted by molar-refractivity contribution is -0.119. The average molecular weight is 459 g/mol. The van der Waals surface area contributed by atoms with Gasteiger partial charge in [0.15, 0.2) is 5.78 Å². The van der Waals surface area contributed by atoms with Gasteiger partial charge in [-0.3, -0.25) is 19.3 Å². The van der Waals surface area contributed by atoms with Crippen LogP contribution in [0.2, 0.25) is 5.02 Å². The molecule has 2 aromatic carbocycles. The van der Waals surface area contributed by atoms with E-state index in [1.54, 1.807) is 33.7 Å². The molecule has 6 heteroatoms. The van der Waals surface area contributed by atoms with Crippen molar-refractivity contribution in [3.05, 3.63) is 99.5 Å². The molecule has 2 heterocycles. The zero-order chi connectivity index (χ0) is 23.1. The predicted octanol–water partition coefficient (Wildman–Crippen LogP) is 5.37. The summed E-state index contributed by atoms with van der Waals surface area (Å²) < 4.78 is 1.63. The molecule has 166 valence electrons. The molecule has 1 aromatic heterocycles. The van der Waals surface area contributed by atoms with E-state index in [4.69, 9.17) is 11.6 Å². The second kappa shape index (κ2) is 8.49. The van der Waals surface area contributed by atoms with Crippen LogP contribution in [0.1, 0.15) is 37.2 Å². The molecule has 0 spiro atoms. The van der Waals surface area contributed by atoms with Gasteiger partial charge in [-0.2, -0.15) is 0 Å². The minimum absolute atomic E-state index is 0.00976. The average Bonchev–Trinajstić information content (AvgIpc) is 2.81. The highest BCUT2D eigenvalue weighted by atomic mass is 35.5. The largest absolute Gasteiger partial charge is 0.304 e. The summed E-state index contributed by atoms with van der Waals surface area (Å²) in [6.45, 7) is 4.11. The first-order chi connectivity index (χ1) is 16.0. The van der Waals surface area contributed by atoms with Crippen LogP contribution in [0.5, 0.6) is 0 Å². The summed E-state index contributed by atoms with van der Waals surface area (Å²) in [5.41, 5.74) is 3.05. The second-order valence-corrected chi connectivity index (χ2v) is 8.90. The maximum absolute atomic E-state index is 13.6. The minimum Gasteiger partial charge on any atom is -0.304 e. The van der Waals surface area contributed by atoms with Crippen LogP contribution in [-0.4, -0.2) is 16.3 Å². The molecule has 0 N–H and O–H groups in total. The van der Waals surface area contributed by atoms with E-state index in [1.165, 1.54) is 0 Å². The fourth-order valence-electron chi connectivity index (χ4n) is 5.08. The fraction of sp³-hybridized carbons (Fsp3) is 0.222. The number of amides is 1. The van der Waals surface area contributed by atoms with Gasteiger partial charge in [-0.25, -0.2) is 0 Å². The van der Waals surface area contributed by atoms with Crippen molar-refractivity contribution in [1.29, 1.82) is 0 Å². The number of pyridine rings is 1. The smallest absolute Gasteiger partial charge is 0.255 e. The van der Waals surface area contributed by atoms with Crippen molar-refractivity contribution in [3.8, 4) is 0 Å². The van der Waals surface area contributed by atoms with Crippen molar-refractivity contribution in [2.45, 2.75) is 38.1 Å². The van der Waals surface area contributed by atoms with Gasteiger partial charge in [0.2, 0.25) is 5.91 Å². The molecule has 1 aliphatic heterocycles. The van der Waals surface area contributed by atoms with Crippen LogP contribution in [0.3, 0.4) is 0 Å². The zero-order valence-corrected chi connectivity index (χ0v) is 18.8. The molecule has 0 radical (unpaired) electrons. The number of Topliss-reactive ketones (excluding diaryl/α,β-unsaturated/α-hetero) is 1. The molecular formula is C27H23ClN2O3. The van der Waals surface area contributed by atoms with Gasteiger partial charge < -0.3 is 4.57 Å². The number of anilines is 1. The van der Waals surface area contributed by atoms with Gasteiger partial charge in [0.05, 0.1) is 5.52 Å². The number of hydrogen-bond acceptors (Lipinski definition) is 3. The summed E-state index contributed by atoms with van der Waals surface area (Å²) in [5.74, 6) is -0.678. The Balaban J connectivity index is 1.75. The third kappa shape index (κ3) is 3.62. The maximum Gasteiger partial charge on any atom is 0.255 e. The number of aromatic nitrogens is 1. The number of allylic oxidation sites excluding steroid dienone is 3. The molecule has 3 aromatic rings. The standard InChI is InChI=1S/C27H23ClN2O3/c1-2-13-29-22-12-11-18(28)14-17(22)15-21(27(29)33)20-16-25(32)30(19-7-4-3-5-8-19)23-9-6-10-24(31)26(20)23/h2-5,7-8,11-12,14-15,20H,1,6,9-10,13,16H2. The predicted molar refractivity (Wildman–Crippen MR) is 131 cm³/mol. The van der Waals surface area contributed by atoms with Gasteiger partial charge in [-0.1, -0.05) is 35.9 Å². The number of carbonyl (C=O) groups excluding carboxylic acids is 2. The molecule has 1 unspecified atom stereocenters. The van der Waals surface area contributed by atoms with E-state index in [9.17, 15) is 14.4 Å². The van der Waals surface area contributed by atoms with E-state index < -0.39 is 5.92 Å². The molecular weight excluding hydrogens is 436 g/mol. The topological polar surface area (TPSA) is 59.4 Å². The van der Waals surface area contributed by atoms with Gasteiger partial charge in [-0.15, -0.1) is 6.58 Å². The summed E-state index contributed by atoms with van der Waals surface area (Å²) in [4.78, 5) is 41.9. The summed E-state index contributed by atoms with van der Waals surface area (Å²) in [7, 11) is 0. The van der Waals surface area contributed by atoms with Gasteiger partial charge in [-0.05, 0) is 49.2 Å². The normalized spacial score (nSPS) is 18.6. The Morgan fingerprint density at radius 2 is 1.82 bits per heavy atom. The molecule has 5 rings (SSSR count). The first-order valence-corrected chi connectivity index (χ1v) is 11.5. The van der Waals surface area contributed by atoms with Gasteiger partial charge in [0.1, 0.15) is 0 Å². The molecule has 1 aliphatic carbocycles. The number of hydrogen-bond donors (Lipinski definition) is 0. The van der Waals surface area contributed by atoms with Gasteiger partial charge >= 0.3 is 0 Å². The monoisotopic (exact) mass is 458 g/mol. The van der Waals surface area contributed by atoms with Crippen LogP contribution in [-0.2, 0) is 16.1 Å². The molecule has 2 aliphatic rings.